The molecule has 0 aliphatic heterocycles. The summed E-state index contributed by atoms with van der Waals surface area (Å²) in [7, 11) is 0. The minimum Gasteiger partial charge on any atom is -0.381 e. The highest BCUT2D eigenvalue weighted by Gasteiger charge is 2.07. The number of unbranched alkanes of at least 4 members (excludes halogenated alkanes) is 6. The van der Waals surface area contributed by atoms with E-state index < -0.39 is 0 Å². The van der Waals surface area contributed by atoms with Crippen molar-refractivity contribution < 1.29 is 4.52 Å². The molecule has 2 N–H and O–H groups in total. The Morgan fingerprint density at radius 3 is 2.25 bits per heavy atom. The highest BCUT2D eigenvalue weighted by Crippen LogP contribution is 2.17. The Hall–Kier alpha value is -0.990. The molecule has 0 aromatic carbocycles. The number of nitrogens with zero attached hydrogens (tertiary/aromatic N) is 1. The normalized spacial score (nSPS) is 10.9. The van der Waals surface area contributed by atoms with Crippen LogP contribution in [0.4, 0.5) is 5.82 Å². The van der Waals surface area contributed by atoms with Crippen LogP contribution in [0.25, 0.3) is 0 Å². The van der Waals surface area contributed by atoms with Crippen LogP contribution in [-0.2, 0) is 6.42 Å². The predicted octanol–water partition coefficient (Wildman–Crippen LogP) is 3.86. The fourth-order valence-electron chi connectivity index (χ4n) is 1.86. The summed E-state index contributed by atoms with van der Waals surface area (Å²) >= 11 is 0. The molecule has 0 aliphatic rings. The Bertz CT molecular complexity index is 294. The maximum Gasteiger partial charge on any atom is 0.169 e. The third-order valence-electron chi connectivity index (χ3n) is 3.06. The first kappa shape index (κ1) is 13.1. The molecule has 0 radical (unpaired) electrons. The van der Waals surface area contributed by atoms with Gasteiger partial charge >= 0.3 is 0 Å². The van der Waals surface area contributed by atoms with Crippen molar-refractivity contribution in [3.63, 3.8) is 0 Å². The van der Waals surface area contributed by atoms with Crippen molar-refractivity contribution in [3.8, 4) is 0 Å². The molecule has 0 spiro atoms. The lowest BCUT2D eigenvalue weighted by molar-refractivity contribution is 0.379. The molecule has 92 valence electrons. The number of nitrogens with two attached hydrogens (primary N) is 1. The van der Waals surface area contributed by atoms with Crippen LogP contribution in [0.2, 0.25) is 0 Å². The second-order valence-corrected chi connectivity index (χ2v) is 4.49. The zero-order chi connectivity index (χ0) is 11.8. The van der Waals surface area contributed by atoms with Crippen molar-refractivity contribution in [1.82, 2.24) is 5.16 Å². The van der Waals surface area contributed by atoms with Gasteiger partial charge in [-0.1, -0.05) is 50.6 Å². The Morgan fingerprint density at radius 1 is 1.06 bits per heavy atom. The second-order valence-electron chi connectivity index (χ2n) is 4.49. The number of aromatic nitrogens is 1. The van der Waals surface area contributed by atoms with Gasteiger partial charge in [0.1, 0.15) is 5.76 Å². The molecule has 1 aromatic heterocycles. The van der Waals surface area contributed by atoms with E-state index in [1.807, 2.05) is 6.92 Å². The third kappa shape index (κ3) is 4.25. The first-order valence-corrected chi connectivity index (χ1v) is 6.46. The highest BCUT2D eigenvalue weighted by molar-refractivity contribution is 5.38. The van der Waals surface area contributed by atoms with Gasteiger partial charge in [-0.25, -0.2) is 0 Å². The third-order valence-corrected chi connectivity index (χ3v) is 3.06. The van der Waals surface area contributed by atoms with Gasteiger partial charge in [-0.15, -0.1) is 0 Å². The van der Waals surface area contributed by atoms with Gasteiger partial charge in [0, 0.05) is 12.0 Å². The van der Waals surface area contributed by atoms with Crippen LogP contribution in [0.1, 0.15) is 63.2 Å². The SMILES string of the molecule is CCCCCCCCCc1onc(N)c1C. The Labute approximate surface area is 98.4 Å². The Morgan fingerprint density at radius 2 is 1.69 bits per heavy atom. The van der Waals surface area contributed by atoms with E-state index in [0.717, 1.165) is 17.7 Å². The van der Waals surface area contributed by atoms with Crippen LogP contribution >= 0.6 is 0 Å². The fourth-order valence-corrected chi connectivity index (χ4v) is 1.86. The molecule has 1 heterocycles. The fraction of sp³-hybridized carbons (Fsp3) is 0.769. The molecule has 0 saturated carbocycles. The van der Waals surface area contributed by atoms with Gasteiger partial charge in [0.15, 0.2) is 5.82 Å². The molecule has 0 unspecified atom stereocenters. The van der Waals surface area contributed by atoms with Crippen molar-refractivity contribution in [1.29, 1.82) is 0 Å². The summed E-state index contributed by atoms with van der Waals surface area (Å²) < 4.78 is 5.17. The maximum atomic E-state index is 5.62. The summed E-state index contributed by atoms with van der Waals surface area (Å²) in [4.78, 5) is 0. The number of hydrogen-bond donors (Lipinski definition) is 1. The smallest absolute Gasteiger partial charge is 0.169 e. The molecule has 0 aliphatic carbocycles. The van der Waals surface area contributed by atoms with Crippen molar-refractivity contribution in [2.45, 2.75) is 65.2 Å². The Balaban J connectivity index is 2.05. The molecule has 1 aromatic rings. The van der Waals surface area contributed by atoms with Crippen LogP contribution < -0.4 is 5.73 Å². The average Bonchev–Trinajstić information content (AvgIpc) is 2.59. The van der Waals surface area contributed by atoms with Gasteiger partial charge in [-0.05, 0) is 13.3 Å². The number of anilines is 1. The van der Waals surface area contributed by atoms with E-state index in [9.17, 15) is 0 Å². The van der Waals surface area contributed by atoms with E-state index >= 15 is 0 Å². The van der Waals surface area contributed by atoms with Gasteiger partial charge in [0.25, 0.3) is 0 Å². The largest absolute Gasteiger partial charge is 0.381 e. The predicted molar refractivity (Wildman–Crippen MR) is 67.3 cm³/mol. The summed E-state index contributed by atoms with van der Waals surface area (Å²) in [6, 6.07) is 0. The van der Waals surface area contributed by atoms with E-state index in [2.05, 4.69) is 12.1 Å². The van der Waals surface area contributed by atoms with Crippen molar-refractivity contribution in [2.75, 3.05) is 5.73 Å². The molecule has 0 atom stereocenters. The van der Waals surface area contributed by atoms with Gasteiger partial charge < -0.3 is 10.3 Å². The van der Waals surface area contributed by atoms with E-state index in [1.165, 1.54) is 44.9 Å². The first-order valence-electron chi connectivity index (χ1n) is 6.46. The minimum atomic E-state index is 0.540. The molecule has 0 fully saturated rings. The Kier molecular flexibility index (Phi) is 5.98. The average molecular weight is 224 g/mol. The quantitative estimate of drug-likeness (QED) is 0.682. The number of rotatable bonds is 8. The van der Waals surface area contributed by atoms with Crippen molar-refractivity contribution >= 4 is 5.82 Å². The molecule has 0 bridgehead atoms. The van der Waals surface area contributed by atoms with Crippen molar-refractivity contribution in [3.05, 3.63) is 11.3 Å². The van der Waals surface area contributed by atoms with Crippen LogP contribution in [-0.4, -0.2) is 5.16 Å². The van der Waals surface area contributed by atoms with E-state index in [1.54, 1.807) is 0 Å². The van der Waals surface area contributed by atoms with Gasteiger partial charge in [-0.2, -0.15) is 0 Å². The molecule has 16 heavy (non-hydrogen) atoms. The van der Waals surface area contributed by atoms with E-state index in [-0.39, 0.29) is 0 Å². The van der Waals surface area contributed by atoms with Crippen LogP contribution in [0.5, 0.6) is 0 Å². The summed E-state index contributed by atoms with van der Waals surface area (Å²) in [6.45, 7) is 4.22. The lowest BCUT2D eigenvalue weighted by Gasteiger charge is -2.00. The molecular weight excluding hydrogens is 200 g/mol. The molecule has 0 saturated heterocycles. The standard InChI is InChI=1S/C13H24N2O/c1-3-4-5-6-7-8-9-10-12-11(2)13(14)15-16-12/h3-10H2,1-2H3,(H2,14,15). The lowest BCUT2D eigenvalue weighted by atomic mass is 10.1. The topological polar surface area (TPSA) is 52.0 Å². The minimum absolute atomic E-state index is 0.540. The number of nitrogen functional groups attached to an aromatic ring is 1. The number of aryl methyl sites for hydroxylation is 1. The second kappa shape index (κ2) is 7.31. The zero-order valence-corrected chi connectivity index (χ0v) is 10.6. The van der Waals surface area contributed by atoms with Crippen LogP contribution in [0.15, 0.2) is 4.52 Å². The monoisotopic (exact) mass is 224 g/mol. The summed E-state index contributed by atoms with van der Waals surface area (Å²) in [5.74, 6) is 1.50. The summed E-state index contributed by atoms with van der Waals surface area (Å²) in [5.41, 5.74) is 6.64. The van der Waals surface area contributed by atoms with Crippen LogP contribution in [0, 0.1) is 6.92 Å². The highest BCUT2D eigenvalue weighted by atomic mass is 16.5. The first-order chi connectivity index (χ1) is 7.75. The maximum absolute atomic E-state index is 5.62. The zero-order valence-electron chi connectivity index (χ0n) is 10.6. The molecule has 3 heteroatoms. The van der Waals surface area contributed by atoms with Crippen molar-refractivity contribution in [2.24, 2.45) is 0 Å². The molecule has 1 rings (SSSR count). The summed E-state index contributed by atoms with van der Waals surface area (Å²) in [5, 5.41) is 3.76. The van der Waals surface area contributed by atoms with Gasteiger partial charge in [0.2, 0.25) is 0 Å². The number of hydrogen-bond acceptors (Lipinski definition) is 3. The van der Waals surface area contributed by atoms with Gasteiger partial charge in [-0.3, -0.25) is 0 Å². The van der Waals surface area contributed by atoms with E-state index in [0.29, 0.717) is 5.82 Å². The van der Waals surface area contributed by atoms with Crippen LogP contribution in [0.3, 0.4) is 0 Å². The molecule has 0 amide bonds. The van der Waals surface area contributed by atoms with Gasteiger partial charge in [0.05, 0.1) is 0 Å². The summed E-state index contributed by atoms with van der Waals surface area (Å²) in [6.07, 6.45) is 10.2. The molecule has 3 nitrogen and oxygen atoms in total. The lowest BCUT2D eigenvalue weighted by Crippen LogP contribution is -1.89. The molecular formula is C13H24N2O. The van der Waals surface area contributed by atoms with E-state index in [4.69, 9.17) is 10.3 Å².